The summed E-state index contributed by atoms with van der Waals surface area (Å²) in [6.45, 7) is 1.64. The van der Waals surface area contributed by atoms with Crippen LogP contribution in [-0.4, -0.2) is 15.7 Å². The third-order valence-electron chi connectivity index (χ3n) is 2.44. The molecule has 2 aromatic heterocycles. The second-order valence-corrected chi connectivity index (χ2v) is 4.40. The summed E-state index contributed by atoms with van der Waals surface area (Å²) in [6, 6.07) is 5.95. The molecule has 2 heterocycles. The van der Waals surface area contributed by atoms with Crippen molar-refractivity contribution in [2.24, 2.45) is 5.16 Å². The first kappa shape index (κ1) is 15.2. The maximum absolute atomic E-state index is 12.5. The van der Waals surface area contributed by atoms with Crippen molar-refractivity contribution < 1.29 is 18.0 Å². The van der Waals surface area contributed by atoms with Crippen LogP contribution < -0.4 is 4.84 Å². The standard InChI is InChI=1S/C13H9ClF3N3O/c1-8(11-4-2-3-5-18-11)20-21-12-10(14)6-9(7-19-12)13(15,16)17/h2-7H,1H3/b20-8+. The molecule has 0 bridgehead atoms. The zero-order valence-corrected chi connectivity index (χ0v) is 11.5. The second kappa shape index (κ2) is 6.09. The molecule has 0 saturated carbocycles. The zero-order valence-electron chi connectivity index (χ0n) is 10.7. The number of hydrogen-bond donors (Lipinski definition) is 0. The molecule has 2 rings (SSSR count). The third kappa shape index (κ3) is 3.91. The Labute approximate surface area is 123 Å². The van der Waals surface area contributed by atoms with Crippen LogP contribution in [0.15, 0.2) is 41.8 Å². The Morgan fingerprint density at radius 1 is 1.29 bits per heavy atom. The molecule has 21 heavy (non-hydrogen) atoms. The summed E-state index contributed by atoms with van der Waals surface area (Å²) in [5.74, 6) is -0.208. The van der Waals surface area contributed by atoms with Crippen molar-refractivity contribution in [3.63, 3.8) is 0 Å². The molecular formula is C13H9ClF3N3O. The molecule has 0 fully saturated rings. The van der Waals surface area contributed by atoms with E-state index in [1.165, 1.54) is 0 Å². The number of nitrogens with zero attached hydrogens (tertiary/aromatic N) is 3. The summed E-state index contributed by atoms with van der Waals surface area (Å²) in [7, 11) is 0. The quantitative estimate of drug-likeness (QED) is 0.636. The van der Waals surface area contributed by atoms with Gasteiger partial charge in [-0.15, -0.1) is 0 Å². The Hall–Kier alpha value is -2.15. The van der Waals surface area contributed by atoms with Gasteiger partial charge < -0.3 is 4.84 Å². The lowest BCUT2D eigenvalue weighted by molar-refractivity contribution is -0.137. The predicted molar refractivity (Wildman–Crippen MR) is 71.3 cm³/mol. The van der Waals surface area contributed by atoms with E-state index in [0.29, 0.717) is 17.6 Å². The van der Waals surface area contributed by atoms with E-state index in [0.717, 1.165) is 6.07 Å². The van der Waals surface area contributed by atoms with Crippen LogP contribution in [0.5, 0.6) is 5.88 Å². The Bertz CT molecular complexity index is 659. The Balaban J connectivity index is 2.17. The molecule has 0 spiro atoms. The van der Waals surface area contributed by atoms with Gasteiger partial charge in [-0.2, -0.15) is 13.2 Å². The number of alkyl halides is 3. The Morgan fingerprint density at radius 3 is 2.62 bits per heavy atom. The summed E-state index contributed by atoms with van der Waals surface area (Å²) in [5.41, 5.74) is 0.0548. The molecule has 0 N–H and O–H groups in total. The van der Waals surface area contributed by atoms with Gasteiger partial charge >= 0.3 is 6.18 Å². The van der Waals surface area contributed by atoms with Gasteiger partial charge in [-0.25, -0.2) is 4.98 Å². The van der Waals surface area contributed by atoms with Gasteiger partial charge in [0.25, 0.3) is 5.88 Å². The van der Waals surface area contributed by atoms with Gasteiger partial charge in [-0.05, 0) is 25.1 Å². The molecule has 0 aliphatic carbocycles. The number of aromatic nitrogens is 2. The minimum absolute atomic E-state index is 0.208. The first-order chi connectivity index (χ1) is 9.88. The highest BCUT2D eigenvalue weighted by atomic mass is 35.5. The summed E-state index contributed by atoms with van der Waals surface area (Å²) >= 11 is 5.69. The van der Waals surface area contributed by atoms with Crippen LogP contribution in [-0.2, 0) is 6.18 Å². The first-order valence-electron chi connectivity index (χ1n) is 5.73. The SMILES string of the molecule is C/C(=N\Oc1ncc(C(F)(F)F)cc1Cl)c1ccccn1. The van der Waals surface area contributed by atoms with Crippen LogP contribution in [0.2, 0.25) is 5.02 Å². The average Bonchev–Trinajstić information content (AvgIpc) is 2.45. The molecule has 2 aromatic rings. The fourth-order valence-corrected chi connectivity index (χ4v) is 1.58. The van der Waals surface area contributed by atoms with Gasteiger partial charge in [0, 0.05) is 12.4 Å². The summed E-state index contributed by atoms with van der Waals surface area (Å²) in [6.07, 6.45) is -2.30. The van der Waals surface area contributed by atoms with E-state index in [2.05, 4.69) is 15.1 Å². The fraction of sp³-hybridized carbons (Fsp3) is 0.154. The van der Waals surface area contributed by atoms with Gasteiger partial charge in [0.15, 0.2) is 0 Å². The van der Waals surface area contributed by atoms with Gasteiger partial charge in [-0.1, -0.05) is 22.8 Å². The van der Waals surface area contributed by atoms with Crippen molar-refractivity contribution in [3.05, 3.63) is 52.9 Å². The molecule has 0 saturated heterocycles. The van der Waals surface area contributed by atoms with Crippen molar-refractivity contribution in [1.29, 1.82) is 0 Å². The van der Waals surface area contributed by atoms with Crippen LogP contribution >= 0.6 is 11.6 Å². The van der Waals surface area contributed by atoms with E-state index in [9.17, 15) is 13.2 Å². The molecule has 0 radical (unpaired) electrons. The maximum atomic E-state index is 12.5. The molecule has 0 aliphatic rings. The van der Waals surface area contributed by atoms with E-state index in [-0.39, 0.29) is 10.9 Å². The fourth-order valence-electron chi connectivity index (χ4n) is 1.38. The van der Waals surface area contributed by atoms with Crippen LogP contribution in [0.25, 0.3) is 0 Å². The minimum atomic E-state index is -4.51. The molecule has 0 atom stereocenters. The highest BCUT2D eigenvalue weighted by Gasteiger charge is 2.31. The van der Waals surface area contributed by atoms with E-state index >= 15 is 0 Å². The number of rotatable bonds is 3. The maximum Gasteiger partial charge on any atom is 0.417 e. The lowest BCUT2D eigenvalue weighted by Crippen LogP contribution is -2.06. The molecule has 0 aromatic carbocycles. The van der Waals surface area contributed by atoms with E-state index in [1.54, 1.807) is 31.3 Å². The lowest BCUT2D eigenvalue weighted by atomic mass is 10.3. The molecule has 0 unspecified atom stereocenters. The van der Waals surface area contributed by atoms with Crippen molar-refractivity contribution in [2.45, 2.75) is 13.1 Å². The van der Waals surface area contributed by atoms with Crippen LogP contribution in [0.4, 0.5) is 13.2 Å². The molecule has 8 heteroatoms. The first-order valence-corrected chi connectivity index (χ1v) is 6.11. The largest absolute Gasteiger partial charge is 0.417 e. The van der Waals surface area contributed by atoms with Crippen molar-refractivity contribution in [1.82, 2.24) is 9.97 Å². The van der Waals surface area contributed by atoms with Crippen molar-refractivity contribution in [3.8, 4) is 5.88 Å². The molecule has 0 amide bonds. The van der Waals surface area contributed by atoms with Crippen molar-refractivity contribution >= 4 is 17.3 Å². The summed E-state index contributed by atoms with van der Waals surface area (Å²) < 4.78 is 37.4. The lowest BCUT2D eigenvalue weighted by Gasteiger charge is -2.07. The van der Waals surface area contributed by atoms with Crippen molar-refractivity contribution in [2.75, 3.05) is 0 Å². The van der Waals surface area contributed by atoms with Crippen LogP contribution in [0, 0.1) is 0 Å². The molecule has 110 valence electrons. The smallest absolute Gasteiger partial charge is 0.335 e. The second-order valence-electron chi connectivity index (χ2n) is 3.99. The topological polar surface area (TPSA) is 47.4 Å². The Morgan fingerprint density at radius 2 is 2.05 bits per heavy atom. The Kier molecular flexibility index (Phi) is 4.42. The minimum Gasteiger partial charge on any atom is -0.335 e. The van der Waals surface area contributed by atoms with Crippen LogP contribution in [0.1, 0.15) is 18.2 Å². The number of halogens is 4. The third-order valence-corrected chi connectivity index (χ3v) is 2.71. The summed E-state index contributed by atoms with van der Waals surface area (Å²) in [4.78, 5) is 12.5. The number of pyridine rings is 2. The van der Waals surface area contributed by atoms with Gasteiger partial charge in [0.2, 0.25) is 0 Å². The zero-order chi connectivity index (χ0) is 15.5. The molecular weight excluding hydrogens is 307 g/mol. The number of oxime groups is 1. The van der Waals surface area contributed by atoms with E-state index < -0.39 is 11.7 Å². The van der Waals surface area contributed by atoms with E-state index in [4.69, 9.17) is 16.4 Å². The molecule has 0 aliphatic heterocycles. The predicted octanol–water partition coefficient (Wildman–Crippen LogP) is 3.95. The van der Waals surface area contributed by atoms with Gasteiger partial charge in [0.05, 0.1) is 11.3 Å². The monoisotopic (exact) mass is 315 g/mol. The van der Waals surface area contributed by atoms with Gasteiger partial charge in [0.1, 0.15) is 10.7 Å². The number of hydrogen-bond acceptors (Lipinski definition) is 4. The highest BCUT2D eigenvalue weighted by molar-refractivity contribution is 6.31. The normalized spacial score (nSPS) is 12.3. The van der Waals surface area contributed by atoms with Crippen LogP contribution in [0.3, 0.4) is 0 Å². The summed E-state index contributed by atoms with van der Waals surface area (Å²) in [5, 5.41) is 3.47. The highest BCUT2D eigenvalue weighted by Crippen LogP contribution is 2.33. The molecule has 4 nitrogen and oxygen atoms in total. The average molecular weight is 316 g/mol. The van der Waals surface area contributed by atoms with Gasteiger partial charge in [-0.3, -0.25) is 4.98 Å². The van der Waals surface area contributed by atoms with E-state index in [1.807, 2.05) is 0 Å².